The highest BCUT2D eigenvalue weighted by molar-refractivity contribution is 6.30. The van der Waals surface area contributed by atoms with Gasteiger partial charge >= 0.3 is 0 Å². The lowest BCUT2D eigenvalue weighted by Gasteiger charge is -2.00. The van der Waals surface area contributed by atoms with Crippen molar-refractivity contribution in [2.75, 3.05) is 5.73 Å². The number of aromatic nitrogens is 2. The molecule has 0 radical (unpaired) electrons. The van der Waals surface area contributed by atoms with Crippen LogP contribution in [0.5, 0.6) is 0 Å². The number of hydrogen-bond donors (Lipinski definition) is 1. The Kier molecular flexibility index (Phi) is 2.17. The molecule has 2 N–H and O–H groups in total. The molecule has 1 aromatic carbocycles. The van der Waals surface area contributed by atoms with Crippen LogP contribution in [-0.2, 0) is 7.05 Å². The van der Waals surface area contributed by atoms with Crippen molar-refractivity contribution in [3.63, 3.8) is 0 Å². The van der Waals surface area contributed by atoms with Crippen LogP contribution in [0.25, 0.3) is 11.3 Å². The van der Waals surface area contributed by atoms with Gasteiger partial charge in [-0.1, -0.05) is 23.7 Å². The number of anilines is 1. The molecule has 0 aliphatic rings. The van der Waals surface area contributed by atoms with Gasteiger partial charge in [0.1, 0.15) is 11.5 Å². The zero-order chi connectivity index (χ0) is 10.1. The average molecular weight is 208 g/mol. The fraction of sp³-hybridized carbons (Fsp3) is 0.100. The van der Waals surface area contributed by atoms with E-state index in [0.717, 1.165) is 11.3 Å². The number of nitrogens with two attached hydrogens (primary N) is 1. The maximum Gasteiger partial charge on any atom is 0.131 e. The van der Waals surface area contributed by atoms with Crippen LogP contribution in [-0.4, -0.2) is 9.55 Å². The third-order valence-corrected chi connectivity index (χ3v) is 2.32. The minimum Gasteiger partial charge on any atom is -0.383 e. The number of rotatable bonds is 1. The van der Waals surface area contributed by atoms with Gasteiger partial charge < -0.3 is 10.3 Å². The molecular formula is C10H10ClN3. The molecule has 1 aromatic heterocycles. The molecule has 14 heavy (non-hydrogen) atoms. The summed E-state index contributed by atoms with van der Waals surface area (Å²) in [4.78, 5) is 4.21. The normalized spacial score (nSPS) is 10.4. The number of nitrogens with zero attached hydrogens (tertiary/aromatic N) is 2. The predicted octanol–water partition coefficient (Wildman–Crippen LogP) is 2.32. The first-order valence-electron chi connectivity index (χ1n) is 4.21. The van der Waals surface area contributed by atoms with E-state index in [0.29, 0.717) is 10.8 Å². The Hall–Kier alpha value is -1.48. The largest absolute Gasteiger partial charge is 0.383 e. The molecule has 0 fully saturated rings. The number of hydrogen-bond acceptors (Lipinski definition) is 2. The maximum absolute atomic E-state index is 5.88. The summed E-state index contributed by atoms with van der Waals surface area (Å²) in [7, 11) is 1.86. The minimum absolute atomic E-state index is 0.646. The maximum atomic E-state index is 5.88. The number of aryl methyl sites for hydroxylation is 1. The fourth-order valence-corrected chi connectivity index (χ4v) is 1.49. The molecule has 0 spiro atoms. The molecule has 0 atom stereocenters. The second kappa shape index (κ2) is 3.35. The summed E-state index contributed by atoms with van der Waals surface area (Å²) < 4.78 is 1.77. The summed E-state index contributed by atoms with van der Waals surface area (Å²) in [5.74, 6) is 0.646. The third-order valence-electron chi connectivity index (χ3n) is 2.08. The molecule has 0 amide bonds. The van der Waals surface area contributed by atoms with E-state index in [4.69, 9.17) is 17.3 Å². The highest BCUT2D eigenvalue weighted by Crippen LogP contribution is 2.25. The van der Waals surface area contributed by atoms with E-state index in [1.54, 1.807) is 10.9 Å². The smallest absolute Gasteiger partial charge is 0.131 e. The van der Waals surface area contributed by atoms with Gasteiger partial charge in [-0.25, -0.2) is 4.98 Å². The van der Waals surface area contributed by atoms with Gasteiger partial charge in [-0.05, 0) is 12.1 Å². The Morgan fingerprint density at radius 3 is 2.79 bits per heavy atom. The zero-order valence-corrected chi connectivity index (χ0v) is 8.49. The SMILES string of the molecule is Cn1cnc(-c2cccc(Cl)c2)c1N. The van der Waals surface area contributed by atoms with E-state index in [1.165, 1.54) is 0 Å². The monoisotopic (exact) mass is 207 g/mol. The molecule has 2 aromatic rings. The zero-order valence-electron chi connectivity index (χ0n) is 7.74. The number of nitrogen functional groups attached to an aromatic ring is 1. The average Bonchev–Trinajstić information content (AvgIpc) is 2.48. The summed E-state index contributed by atoms with van der Waals surface area (Å²) in [6, 6.07) is 7.49. The number of halogens is 1. The highest BCUT2D eigenvalue weighted by atomic mass is 35.5. The number of imidazole rings is 1. The van der Waals surface area contributed by atoms with Crippen LogP contribution in [0.15, 0.2) is 30.6 Å². The first-order chi connectivity index (χ1) is 6.68. The van der Waals surface area contributed by atoms with Gasteiger partial charge in [-0.3, -0.25) is 0 Å². The van der Waals surface area contributed by atoms with Crippen molar-refractivity contribution in [1.82, 2.24) is 9.55 Å². The molecule has 0 saturated heterocycles. The number of benzene rings is 1. The van der Waals surface area contributed by atoms with Crippen LogP contribution in [0.3, 0.4) is 0 Å². The van der Waals surface area contributed by atoms with E-state index in [-0.39, 0.29) is 0 Å². The van der Waals surface area contributed by atoms with Gasteiger partial charge in [0, 0.05) is 17.6 Å². The standard InChI is InChI=1S/C10H10ClN3/c1-14-6-13-9(10(14)12)7-3-2-4-8(11)5-7/h2-6H,12H2,1H3. The van der Waals surface area contributed by atoms with E-state index in [9.17, 15) is 0 Å². The van der Waals surface area contributed by atoms with Crippen LogP contribution in [0, 0.1) is 0 Å². The first-order valence-corrected chi connectivity index (χ1v) is 4.59. The predicted molar refractivity (Wildman–Crippen MR) is 58.1 cm³/mol. The van der Waals surface area contributed by atoms with E-state index >= 15 is 0 Å². The quantitative estimate of drug-likeness (QED) is 0.780. The van der Waals surface area contributed by atoms with E-state index in [2.05, 4.69) is 4.98 Å². The van der Waals surface area contributed by atoms with Gasteiger partial charge in [-0.15, -0.1) is 0 Å². The van der Waals surface area contributed by atoms with Crippen LogP contribution in [0.4, 0.5) is 5.82 Å². The van der Waals surface area contributed by atoms with Crippen molar-refractivity contribution in [2.24, 2.45) is 7.05 Å². The molecular weight excluding hydrogens is 198 g/mol. The van der Waals surface area contributed by atoms with Crippen molar-refractivity contribution in [3.8, 4) is 11.3 Å². The van der Waals surface area contributed by atoms with Crippen molar-refractivity contribution in [3.05, 3.63) is 35.6 Å². The van der Waals surface area contributed by atoms with Crippen molar-refractivity contribution in [2.45, 2.75) is 0 Å². The molecule has 0 aliphatic heterocycles. The lowest BCUT2D eigenvalue weighted by Crippen LogP contribution is -1.95. The summed E-state index contributed by atoms with van der Waals surface area (Å²) in [5, 5.41) is 0.688. The van der Waals surface area contributed by atoms with E-state index < -0.39 is 0 Å². The van der Waals surface area contributed by atoms with Crippen molar-refractivity contribution < 1.29 is 0 Å². The molecule has 0 aliphatic carbocycles. The third kappa shape index (κ3) is 1.46. The summed E-state index contributed by atoms with van der Waals surface area (Å²) in [5.41, 5.74) is 7.56. The lowest BCUT2D eigenvalue weighted by atomic mass is 10.1. The molecule has 72 valence electrons. The summed E-state index contributed by atoms with van der Waals surface area (Å²) in [6.07, 6.45) is 1.69. The second-order valence-corrected chi connectivity index (χ2v) is 3.54. The molecule has 0 bridgehead atoms. The van der Waals surface area contributed by atoms with Crippen molar-refractivity contribution in [1.29, 1.82) is 0 Å². The fourth-order valence-electron chi connectivity index (χ4n) is 1.30. The first kappa shape index (κ1) is 9.09. The highest BCUT2D eigenvalue weighted by Gasteiger charge is 2.07. The van der Waals surface area contributed by atoms with Crippen LogP contribution < -0.4 is 5.73 Å². The van der Waals surface area contributed by atoms with Crippen LogP contribution in [0.1, 0.15) is 0 Å². The molecule has 1 heterocycles. The molecule has 3 nitrogen and oxygen atoms in total. The van der Waals surface area contributed by atoms with E-state index in [1.807, 2.05) is 31.3 Å². The van der Waals surface area contributed by atoms with Crippen LogP contribution in [0.2, 0.25) is 5.02 Å². The summed E-state index contributed by atoms with van der Waals surface area (Å²) in [6.45, 7) is 0. The van der Waals surface area contributed by atoms with Gasteiger partial charge in [0.2, 0.25) is 0 Å². The Morgan fingerprint density at radius 2 is 2.21 bits per heavy atom. The molecule has 0 unspecified atom stereocenters. The van der Waals surface area contributed by atoms with Gasteiger partial charge in [0.05, 0.1) is 6.33 Å². The Bertz CT molecular complexity index is 462. The van der Waals surface area contributed by atoms with Gasteiger partial charge in [0.15, 0.2) is 0 Å². The minimum atomic E-state index is 0.646. The van der Waals surface area contributed by atoms with Crippen LogP contribution >= 0.6 is 11.6 Å². The summed E-state index contributed by atoms with van der Waals surface area (Å²) >= 11 is 5.88. The Labute approximate surface area is 87.1 Å². The molecule has 4 heteroatoms. The van der Waals surface area contributed by atoms with Gasteiger partial charge in [0.25, 0.3) is 0 Å². The van der Waals surface area contributed by atoms with Gasteiger partial charge in [-0.2, -0.15) is 0 Å². The van der Waals surface area contributed by atoms with Crippen molar-refractivity contribution >= 4 is 17.4 Å². The molecule has 2 rings (SSSR count). The Balaban J connectivity index is 2.55. The Morgan fingerprint density at radius 1 is 1.43 bits per heavy atom. The topological polar surface area (TPSA) is 43.8 Å². The molecule has 0 saturated carbocycles. The lowest BCUT2D eigenvalue weighted by molar-refractivity contribution is 0.925. The second-order valence-electron chi connectivity index (χ2n) is 3.10.